The maximum absolute atomic E-state index is 2.38. The molecule has 0 N–H and O–H groups in total. The quantitative estimate of drug-likeness (QED) is 0.678. The normalized spacial score (nSPS) is 19.6. The Kier molecular flexibility index (Phi) is 3.61. The van der Waals surface area contributed by atoms with Crippen molar-refractivity contribution in [3.05, 3.63) is 53.6 Å². The fourth-order valence-electron chi connectivity index (χ4n) is 2.21. The minimum absolute atomic E-state index is 0.763. The zero-order chi connectivity index (χ0) is 11.4. The lowest BCUT2D eigenvalue weighted by molar-refractivity contribution is 0.585. The minimum Gasteiger partial charge on any atom is -0.0805 e. The van der Waals surface area contributed by atoms with E-state index >= 15 is 0 Å². The second kappa shape index (κ2) is 5.16. The Hall–Kier alpha value is -1.30. The Morgan fingerprint density at radius 3 is 2.50 bits per heavy atom. The molecule has 1 aromatic carbocycles. The first kappa shape index (κ1) is 11.2. The number of allylic oxidation sites excluding steroid dienone is 4. The third-order valence-electron chi connectivity index (χ3n) is 3.23. The summed E-state index contributed by atoms with van der Waals surface area (Å²) in [5, 5.41) is 0. The molecule has 0 nitrogen and oxygen atoms in total. The van der Waals surface area contributed by atoms with Crippen LogP contribution >= 0.6 is 0 Å². The van der Waals surface area contributed by atoms with E-state index in [1.54, 1.807) is 0 Å². The molecule has 2 rings (SSSR count). The molecule has 0 fully saturated rings. The van der Waals surface area contributed by atoms with Crippen LogP contribution in [0.3, 0.4) is 0 Å². The molecule has 84 valence electrons. The molecular formula is C16H20. The van der Waals surface area contributed by atoms with Crippen molar-refractivity contribution in [1.29, 1.82) is 0 Å². The van der Waals surface area contributed by atoms with Gasteiger partial charge in [0.1, 0.15) is 0 Å². The summed E-state index contributed by atoms with van der Waals surface area (Å²) in [5.74, 6) is 0.763. The van der Waals surface area contributed by atoms with Crippen molar-refractivity contribution >= 4 is 5.57 Å². The van der Waals surface area contributed by atoms with E-state index in [2.05, 4.69) is 56.3 Å². The van der Waals surface area contributed by atoms with E-state index in [0.29, 0.717) is 0 Å². The number of hydrogen-bond donors (Lipinski definition) is 0. The lowest BCUT2D eigenvalue weighted by atomic mass is 9.90. The summed E-state index contributed by atoms with van der Waals surface area (Å²) in [5.41, 5.74) is 4.05. The third kappa shape index (κ3) is 2.63. The largest absolute Gasteiger partial charge is 0.0805 e. The molecule has 0 spiro atoms. The smallest absolute Gasteiger partial charge is 0.0187 e. The Bertz CT molecular complexity index is 393. The van der Waals surface area contributed by atoms with Crippen molar-refractivity contribution in [2.24, 2.45) is 5.92 Å². The van der Waals surface area contributed by atoms with Gasteiger partial charge in [-0.25, -0.2) is 0 Å². The van der Waals surface area contributed by atoms with E-state index in [0.717, 1.165) is 5.92 Å². The lowest BCUT2D eigenvalue weighted by Gasteiger charge is -2.15. The predicted molar refractivity (Wildman–Crippen MR) is 71.3 cm³/mol. The summed E-state index contributed by atoms with van der Waals surface area (Å²) in [6.45, 7) is 4.39. The number of benzene rings is 1. The zero-order valence-electron chi connectivity index (χ0n) is 10.2. The topological polar surface area (TPSA) is 0 Å². The SMILES string of the molecule is CCCC1C=CC(c2ccc(C)cc2)=CC1. The molecule has 0 heterocycles. The van der Waals surface area contributed by atoms with Gasteiger partial charge < -0.3 is 0 Å². The molecule has 1 aromatic rings. The van der Waals surface area contributed by atoms with Crippen LogP contribution in [0.25, 0.3) is 5.57 Å². The second-order valence-electron chi connectivity index (χ2n) is 4.67. The van der Waals surface area contributed by atoms with Crippen LogP contribution in [0.15, 0.2) is 42.5 Å². The average molecular weight is 212 g/mol. The highest BCUT2D eigenvalue weighted by molar-refractivity contribution is 5.74. The Labute approximate surface area is 98.7 Å². The first-order valence-electron chi connectivity index (χ1n) is 6.25. The molecule has 1 atom stereocenters. The van der Waals surface area contributed by atoms with Gasteiger partial charge in [-0.05, 0) is 36.8 Å². The van der Waals surface area contributed by atoms with Gasteiger partial charge >= 0.3 is 0 Å². The van der Waals surface area contributed by atoms with Crippen molar-refractivity contribution < 1.29 is 0 Å². The highest BCUT2D eigenvalue weighted by Gasteiger charge is 2.08. The molecule has 0 amide bonds. The Morgan fingerprint density at radius 1 is 1.19 bits per heavy atom. The number of aryl methyl sites for hydroxylation is 1. The molecular weight excluding hydrogens is 192 g/mol. The van der Waals surface area contributed by atoms with Crippen LogP contribution < -0.4 is 0 Å². The van der Waals surface area contributed by atoms with Crippen LogP contribution in [0.2, 0.25) is 0 Å². The van der Waals surface area contributed by atoms with Crippen molar-refractivity contribution in [3.63, 3.8) is 0 Å². The fourth-order valence-corrected chi connectivity index (χ4v) is 2.21. The van der Waals surface area contributed by atoms with E-state index < -0.39 is 0 Å². The van der Waals surface area contributed by atoms with Crippen molar-refractivity contribution in [2.75, 3.05) is 0 Å². The van der Waals surface area contributed by atoms with Crippen LogP contribution in [0.4, 0.5) is 0 Å². The van der Waals surface area contributed by atoms with Gasteiger partial charge in [0.2, 0.25) is 0 Å². The fraction of sp³-hybridized carbons (Fsp3) is 0.375. The van der Waals surface area contributed by atoms with Crippen molar-refractivity contribution in [2.45, 2.75) is 33.1 Å². The van der Waals surface area contributed by atoms with Gasteiger partial charge in [0.05, 0.1) is 0 Å². The van der Waals surface area contributed by atoms with Crippen LogP contribution in [0.5, 0.6) is 0 Å². The zero-order valence-corrected chi connectivity index (χ0v) is 10.2. The highest BCUT2D eigenvalue weighted by Crippen LogP contribution is 2.26. The predicted octanol–water partition coefficient (Wildman–Crippen LogP) is 4.75. The lowest BCUT2D eigenvalue weighted by Crippen LogP contribution is -1.99. The third-order valence-corrected chi connectivity index (χ3v) is 3.23. The van der Waals surface area contributed by atoms with Gasteiger partial charge in [-0.1, -0.05) is 61.4 Å². The molecule has 0 radical (unpaired) electrons. The molecule has 1 aliphatic rings. The minimum atomic E-state index is 0.763. The molecule has 0 bridgehead atoms. The van der Waals surface area contributed by atoms with Gasteiger partial charge in [-0.3, -0.25) is 0 Å². The monoisotopic (exact) mass is 212 g/mol. The standard InChI is InChI=1S/C16H20/c1-3-4-14-7-11-16(12-8-14)15-9-5-13(2)6-10-15/h5-7,9-12,14H,3-4,8H2,1-2H3. The summed E-state index contributed by atoms with van der Waals surface area (Å²) in [7, 11) is 0. The van der Waals surface area contributed by atoms with Gasteiger partial charge in [-0.15, -0.1) is 0 Å². The maximum Gasteiger partial charge on any atom is -0.0187 e. The van der Waals surface area contributed by atoms with Gasteiger partial charge in [0.25, 0.3) is 0 Å². The number of hydrogen-bond acceptors (Lipinski definition) is 0. The van der Waals surface area contributed by atoms with Crippen molar-refractivity contribution in [1.82, 2.24) is 0 Å². The van der Waals surface area contributed by atoms with Crippen LogP contribution in [-0.2, 0) is 0 Å². The molecule has 0 saturated heterocycles. The van der Waals surface area contributed by atoms with Crippen LogP contribution in [0, 0.1) is 12.8 Å². The number of rotatable bonds is 3. The summed E-state index contributed by atoms with van der Waals surface area (Å²) in [4.78, 5) is 0. The van der Waals surface area contributed by atoms with Gasteiger partial charge in [0, 0.05) is 0 Å². The molecule has 0 heteroatoms. The first-order valence-corrected chi connectivity index (χ1v) is 6.25. The van der Waals surface area contributed by atoms with Crippen LogP contribution in [0.1, 0.15) is 37.3 Å². The molecule has 1 unspecified atom stereocenters. The van der Waals surface area contributed by atoms with Crippen molar-refractivity contribution in [3.8, 4) is 0 Å². The summed E-state index contributed by atoms with van der Waals surface area (Å²) in [6, 6.07) is 8.79. The Morgan fingerprint density at radius 2 is 1.94 bits per heavy atom. The van der Waals surface area contributed by atoms with Gasteiger partial charge in [-0.2, -0.15) is 0 Å². The van der Waals surface area contributed by atoms with Gasteiger partial charge in [0.15, 0.2) is 0 Å². The van der Waals surface area contributed by atoms with Crippen LogP contribution in [-0.4, -0.2) is 0 Å². The maximum atomic E-state index is 2.38. The van der Waals surface area contributed by atoms with E-state index in [-0.39, 0.29) is 0 Å². The Balaban J connectivity index is 2.08. The summed E-state index contributed by atoms with van der Waals surface area (Å²) >= 11 is 0. The molecule has 16 heavy (non-hydrogen) atoms. The molecule has 1 aliphatic carbocycles. The van der Waals surface area contributed by atoms with E-state index in [1.807, 2.05) is 0 Å². The van der Waals surface area contributed by atoms with E-state index in [1.165, 1.54) is 36.0 Å². The van der Waals surface area contributed by atoms with E-state index in [4.69, 9.17) is 0 Å². The summed E-state index contributed by atoms with van der Waals surface area (Å²) in [6.07, 6.45) is 10.8. The molecule has 0 aliphatic heterocycles. The summed E-state index contributed by atoms with van der Waals surface area (Å²) < 4.78 is 0. The highest BCUT2D eigenvalue weighted by atomic mass is 14.1. The second-order valence-corrected chi connectivity index (χ2v) is 4.67. The average Bonchev–Trinajstić information content (AvgIpc) is 2.32. The van der Waals surface area contributed by atoms with E-state index in [9.17, 15) is 0 Å². The first-order chi connectivity index (χ1) is 7.79. The molecule has 0 saturated carbocycles. The molecule has 0 aromatic heterocycles.